The number of nitrogens with zero attached hydrogens (tertiary/aromatic N) is 3. The Labute approximate surface area is 426 Å². The van der Waals surface area contributed by atoms with E-state index in [1.165, 1.54) is 24.3 Å². The molecule has 0 radical (unpaired) electrons. The minimum Gasteiger partial charge on any atom is -0.344 e. The van der Waals surface area contributed by atoms with E-state index in [0.29, 0.717) is 79.3 Å². The molecule has 0 bridgehead atoms. The highest BCUT2D eigenvalue weighted by atomic mass is 32.2. The zero-order valence-electron chi connectivity index (χ0n) is 39.0. The fourth-order valence-electron chi connectivity index (χ4n) is 10.1. The zero-order valence-corrected chi connectivity index (χ0v) is 43.9. The average Bonchev–Trinajstić information content (AvgIpc) is 3.85. The van der Waals surface area contributed by atoms with Crippen LogP contribution in [0.3, 0.4) is 0 Å². The normalized spacial score (nSPS) is 21.1. The van der Waals surface area contributed by atoms with Gasteiger partial charge in [-0.25, -0.2) is 17.9 Å². The number of thiocarbonyl (C=S) groups is 2. The number of unbranched alkanes of at least 4 members (excludes halogenated alkanes) is 2. The molecule has 17 nitrogen and oxygen atoms in total. The van der Waals surface area contributed by atoms with Crippen molar-refractivity contribution in [3.05, 3.63) is 95.2 Å². The maximum Gasteiger partial charge on any atom is 0.333 e. The van der Waals surface area contributed by atoms with Gasteiger partial charge in [0.1, 0.15) is 0 Å². The van der Waals surface area contributed by atoms with Crippen LogP contribution in [0.15, 0.2) is 93.9 Å². The summed E-state index contributed by atoms with van der Waals surface area (Å²) in [6, 6.07) is 15.6. The van der Waals surface area contributed by atoms with Crippen LogP contribution < -0.4 is 9.62 Å². The van der Waals surface area contributed by atoms with Gasteiger partial charge in [0, 0.05) is 76.3 Å². The molecule has 4 aliphatic rings. The van der Waals surface area contributed by atoms with Crippen LogP contribution in [0.4, 0.5) is 11.4 Å². The number of hydrogen-bond acceptors (Lipinski definition) is 15. The Kier molecular flexibility index (Phi) is 13.7. The first-order chi connectivity index (χ1) is 33.0. The number of fused-ring (bicyclic) bond motifs is 6. The van der Waals surface area contributed by atoms with Crippen LogP contribution in [0.1, 0.15) is 77.3 Å². The first kappa shape index (κ1) is 52.1. The lowest BCUT2D eigenvalue weighted by molar-refractivity contribution is -0.425. The second-order valence-corrected chi connectivity index (χ2v) is 25.0. The third-order valence-corrected chi connectivity index (χ3v) is 17.3. The van der Waals surface area contributed by atoms with E-state index in [9.17, 15) is 53.5 Å². The van der Waals surface area contributed by atoms with E-state index in [1.54, 1.807) is 34.9 Å². The van der Waals surface area contributed by atoms with Crippen molar-refractivity contribution in [2.75, 3.05) is 24.2 Å². The number of anilines is 1. The molecule has 1 aliphatic carbocycles. The number of carbonyl (C=O) groups excluding carboxylic acids is 4. The molecule has 3 amide bonds. The van der Waals surface area contributed by atoms with Gasteiger partial charge in [-0.05, 0) is 95.8 Å². The Hall–Kier alpha value is -5.27. The van der Waals surface area contributed by atoms with Crippen molar-refractivity contribution in [1.29, 1.82) is 0 Å². The Bertz CT molecular complexity index is 3510. The van der Waals surface area contributed by atoms with Crippen molar-refractivity contribution in [2.45, 2.75) is 92.1 Å². The molecule has 0 aromatic heterocycles. The van der Waals surface area contributed by atoms with Crippen LogP contribution in [0, 0.1) is 5.92 Å². The average molecular weight is 1080 g/mol. The van der Waals surface area contributed by atoms with Gasteiger partial charge in [0.15, 0.2) is 5.71 Å². The number of amides is 3. The number of allylic oxidation sites excluding steroid dienone is 3. The van der Waals surface area contributed by atoms with Gasteiger partial charge in [0.2, 0.25) is 22.3 Å². The molecule has 2 fully saturated rings. The number of thiol groups is 1. The summed E-state index contributed by atoms with van der Waals surface area (Å²) in [5.41, 5.74) is 3.20. The maximum atomic E-state index is 13.4. The topological polar surface area (TPSA) is 242 Å². The Morgan fingerprint density at radius 2 is 1.41 bits per heavy atom. The molecule has 8 rings (SSSR count). The largest absolute Gasteiger partial charge is 0.344 e. The van der Waals surface area contributed by atoms with Crippen LogP contribution in [0.2, 0.25) is 0 Å². The molecule has 4 aromatic carbocycles. The SMILES string of the molecule is CC1(C)C(/C=C2\C(=S)C(=S)C(/C=C3/N(CCCCCC(=O)ON4C(=O)CCC4=O)c4ccc5cc(S(=O)(=O)O)ccc5c4C3(C)C)C2S)=[N+](CC(=O)NS(C)(=O)=O)c2ccc3cc(S(=O)(=O)O)ccc3c21. The van der Waals surface area contributed by atoms with Crippen LogP contribution in [0.5, 0.6) is 0 Å². The van der Waals surface area contributed by atoms with Gasteiger partial charge in [-0.15, -0.1) is 5.06 Å². The molecule has 71 heavy (non-hydrogen) atoms. The number of imide groups is 1. The van der Waals surface area contributed by atoms with Crippen LogP contribution in [-0.4, -0.2) is 108 Å². The smallest absolute Gasteiger partial charge is 0.333 e. The van der Waals surface area contributed by atoms with E-state index in [-0.39, 0.29) is 29.1 Å². The van der Waals surface area contributed by atoms with Crippen molar-refractivity contribution in [1.82, 2.24) is 9.79 Å². The summed E-state index contributed by atoms with van der Waals surface area (Å²) < 4.78 is 96.4. The number of carbonyl (C=O) groups is 4. The highest BCUT2D eigenvalue weighted by Gasteiger charge is 2.49. The minimum atomic E-state index is -4.54. The molecule has 3 N–H and O–H groups in total. The molecule has 4 aromatic rings. The second-order valence-electron chi connectivity index (χ2n) is 19.0. The predicted octanol–water partition coefficient (Wildman–Crippen LogP) is 6.38. The summed E-state index contributed by atoms with van der Waals surface area (Å²) in [4.78, 5) is 57.3. The van der Waals surface area contributed by atoms with Gasteiger partial charge >= 0.3 is 5.97 Å². The summed E-state index contributed by atoms with van der Waals surface area (Å²) in [6.45, 7) is 7.89. The van der Waals surface area contributed by atoms with Gasteiger partial charge in [0.25, 0.3) is 38.0 Å². The van der Waals surface area contributed by atoms with Crippen molar-refractivity contribution >= 4 is 139 Å². The van der Waals surface area contributed by atoms with Crippen molar-refractivity contribution in [3.63, 3.8) is 0 Å². The monoisotopic (exact) mass is 1080 g/mol. The van der Waals surface area contributed by atoms with Crippen molar-refractivity contribution in [3.8, 4) is 0 Å². The standard InChI is InChI=1S/C48H48N4O13S6/c1-47(2)36(50(20-8-6-7-9-41(56)65-52-39(54)18-19-40(52)55)34-16-10-26-21-28(70(59,60)61)12-14-30(26)42(34)47)23-32-44(66)33(46(68)45(32)67)24-37-48(3,4)43-31-15-13-29(71(62,63)64)22-27(31)11-17-35(43)51(37)25-38(53)49-69(5,57)58/h10-17,21-24,32,44H,6-9,18-20,25H2,1-5H3,(H3-,49,53,59,60,61,62,63,64,66)/p+1/b33-24-,36-23+. The first-order valence-corrected chi connectivity index (χ1v) is 28.4. The minimum absolute atomic E-state index is 0.0142. The Morgan fingerprint density at radius 1 is 0.831 bits per heavy atom. The lowest BCUT2D eigenvalue weighted by atomic mass is 9.78. The maximum absolute atomic E-state index is 13.4. The second kappa shape index (κ2) is 18.6. The summed E-state index contributed by atoms with van der Waals surface area (Å²) in [7, 11) is -13.0. The van der Waals surface area contributed by atoms with Gasteiger partial charge in [-0.1, -0.05) is 69.0 Å². The highest BCUT2D eigenvalue weighted by Crippen LogP contribution is 2.53. The lowest BCUT2D eigenvalue weighted by Crippen LogP contribution is -2.37. The number of hydroxylamine groups is 2. The third kappa shape index (κ3) is 9.86. The molecule has 1 saturated heterocycles. The zero-order chi connectivity index (χ0) is 51.9. The van der Waals surface area contributed by atoms with Crippen molar-refractivity contribution < 1.29 is 63.0 Å². The fraction of sp³-hybridized carbons (Fsp3) is 0.354. The third-order valence-electron chi connectivity index (χ3n) is 13.4. The van der Waals surface area contributed by atoms with Crippen LogP contribution >= 0.6 is 37.1 Å². The van der Waals surface area contributed by atoms with E-state index >= 15 is 0 Å². The Balaban J connectivity index is 1.17. The molecule has 2 unspecified atom stereocenters. The number of sulfonamides is 1. The molecule has 3 heterocycles. The van der Waals surface area contributed by atoms with Gasteiger partial charge < -0.3 is 9.74 Å². The van der Waals surface area contributed by atoms with E-state index in [2.05, 4.69) is 4.90 Å². The summed E-state index contributed by atoms with van der Waals surface area (Å²) in [6.07, 6.45) is 6.20. The van der Waals surface area contributed by atoms with E-state index < -0.39 is 82.5 Å². The summed E-state index contributed by atoms with van der Waals surface area (Å²) >= 11 is 17.4. The number of benzene rings is 4. The van der Waals surface area contributed by atoms with Gasteiger partial charge in [0.05, 0.1) is 26.3 Å². The van der Waals surface area contributed by atoms with Gasteiger partial charge in [-0.2, -0.15) is 34.0 Å². The molecule has 23 heteroatoms. The molecular weight excluding hydrogens is 1030 g/mol. The number of nitrogens with one attached hydrogen (secondary N) is 1. The highest BCUT2D eigenvalue weighted by molar-refractivity contribution is 7.90. The molecule has 3 aliphatic heterocycles. The fourth-order valence-corrected chi connectivity index (χ4v) is 12.9. The number of hydrogen-bond donors (Lipinski definition) is 4. The summed E-state index contributed by atoms with van der Waals surface area (Å²) in [5.74, 6) is -3.21. The van der Waals surface area contributed by atoms with Crippen LogP contribution in [-0.2, 0) is 65.1 Å². The van der Waals surface area contributed by atoms with Crippen LogP contribution in [0.25, 0.3) is 21.5 Å². The first-order valence-electron chi connectivity index (χ1n) is 22.3. The lowest BCUT2D eigenvalue weighted by Gasteiger charge is -2.29. The van der Waals surface area contributed by atoms with Gasteiger partial charge in [-0.3, -0.25) is 23.5 Å². The quantitative estimate of drug-likeness (QED) is 0.0204. The molecule has 2 atom stereocenters. The number of rotatable bonds is 14. The molecular formula is C48H49N4O13S6+. The predicted molar refractivity (Wildman–Crippen MR) is 277 cm³/mol. The molecule has 1 saturated carbocycles. The van der Waals surface area contributed by atoms with E-state index in [0.717, 1.165) is 28.6 Å². The molecule has 374 valence electrons. The summed E-state index contributed by atoms with van der Waals surface area (Å²) in [5, 5.41) is 2.31. The molecule has 0 spiro atoms. The van der Waals surface area contributed by atoms with E-state index in [4.69, 9.17) is 41.9 Å². The Morgan fingerprint density at radius 3 is 1.99 bits per heavy atom. The van der Waals surface area contributed by atoms with Crippen molar-refractivity contribution in [2.24, 2.45) is 5.92 Å². The van der Waals surface area contributed by atoms with E-state index in [1.807, 2.05) is 50.6 Å².